The summed E-state index contributed by atoms with van der Waals surface area (Å²) < 4.78 is 4.03. The molecule has 0 unspecified atom stereocenters. The summed E-state index contributed by atoms with van der Waals surface area (Å²) in [6.45, 7) is 0. The molecule has 4 nitrogen and oxygen atoms in total. The van der Waals surface area contributed by atoms with Crippen molar-refractivity contribution in [1.82, 2.24) is 4.65 Å². The Bertz CT molecular complexity index is 324. The highest BCUT2D eigenvalue weighted by molar-refractivity contribution is 5.89. The van der Waals surface area contributed by atoms with Gasteiger partial charge in [0.15, 0.2) is 0 Å². The van der Waals surface area contributed by atoms with Crippen LogP contribution in [0.3, 0.4) is 0 Å². The molecule has 0 heterocycles. The van der Waals surface area contributed by atoms with Gasteiger partial charge in [0, 0.05) is 12.1 Å². The van der Waals surface area contributed by atoms with Crippen LogP contribution >= 0.6 is 0 Å². The van der Waals surface area contributed by atoms with E-state index in [2.05, 4.69) is 4.74 Å². The summed E-state index contributed by atoms with van der Waals surface area (Å²) in [5.74, 6) is -0.396. The third-order valence-corrected chi connectivity index (χ3v) is 1.91. The number of hydrogen-bond acceptors (Lipinski definition) is 3. The summed E-state index contributed by atoms with van der Waals surface area (Å²) >= 11 is 0. The van der Waals surface area contributed by atoms with Crippen LogP contribution in [0.25, 0.3) is 0 Å². The SMILES string of the molecule is COC(=O)c1ccc([N+](C)(C)[O-])cc1. The summed E-state index contributed by atoms with van der Waals surface area (Å²) in [6, 6.07) is 6.41. The van der Waals surface area contributed by atoms with Crippen molar-refractivity contribution in [3.63, 3.8) is 0 Å². The van der Waals surface area contributed by atoms with Crippen molar-refractivity contribution in [3.8, 4) is 0 Å². The summed E-state index contributed by atoms with van der Waals surface area (Å²) in [4.78, 5) is 11.1. The van der Waals surface area contributed by atoms with Crippen LogP contribution in [0.1, 0.15) is 10.4 Å². The maximum atomic E-state index is 11.5. The first-order chi connectivity index (χ1) is 6.45. The number of rotatable bonds is 2. The molecule has 0 aliphatic carbocycles. The molecular weight excluding hydrogens is 182 g/mol. The fourth-order valence-electron chi connectivity index (χ4n) is 1.07. The zero-order valence-electron chi connectivity index (χ0n) is 8.48. The molecule has 1 aromatic carbocycles. The van der Waals surface area contributed by atoms with Crippen molar-refractivity contribution >= 4 is 11.7 Å². The third-order valence-electron chi connectivity index (χ3n) is 1.91. The fraction of sp³-hybridized carbons (Fsp3) is 0.300. The molecule has 0 spiro atoms. The second kappa shape index (κ2) is 3.77. The topological polar surface area (TPSA) is 49.4 Å². The number of hydroxylamine groups is 2. The number of quaternary nitrogens is 1. The average Bonchev–Trinajstić information content (AvgIpc) is 2.15. The lowest BCUT2D eigenvalue weighted by Gasteiger charge is -2.32. The highest BCUT2D eigenvalue weighted by Crippen LogP contribution is 2.18. The van der Waals surface area contributed by atoms with Crippen molar-refractivity contribution in [1.29, 1.82) is 0 Å². The Hall–Kier alpha value is -1.39. The van der Waals surface area contributed by atoms with Crippen LogP contribution in [-0.4, -0.2) is 27.2 Å². The van der Waals surface area contributed by atoms with E-state index in [4.69, 9.17) is 0 Å². The minimum Gasteiger partial charge on any atom is -0.628 e. The summed E-state index contributed by atoms with van der Waals surface area (Å²) in [5.41, 5.74) is 1.04. The van der Waals surface area contributed by atoms with E-state index >= 15 is 0 Å². The average molecular weight is 195 g/mol. The van der Waals surface area contributed by atoms with Gasteiger partial charge < -0.3 is 14.6 Å². The lowest BCUT2D eigenvalue weighted by molar-refractivity contribution is 0.0600. The molecule has 76 valence electrons. The maximum absolute atomic E-state index is 11.5. The Morgan fingerprint density at radius 2 is 1.79 bits per heavy atom. The van der Waals surface area contributed by atoms with Gasteiger partial charge in [-0.2, -0.15) is 0 Å². The van der Waals surface area contributed by atoms with Crippen LogP contribution in [0.15, 0.2) is 24.3 Å². The van der Waals surface area contributed by atoms with Gasteiger partial charge in [0.25, 0.3) is 0 Å². The normalized spacial score (nSPS) is 11.1. The van der Waals surface area contributed by atoms with Crippen LogP contribution in [0.5, 0.6) is 0 Å². The summed E-state index contributed by atoms with van der Waals surface area (Å²) in [7, 11) is 4.37. The van der Waals surface area contributed by atoms with Crippen LogP contribution in [-0.2, 0) is 4.74 Å². The summed E-state index contributed by atoms with van der Waals surface area (Å²) in [6.07, 6.45) is 0. The van der Waals surface area contributed by atoms with Crippen molar-refractivity contribution in [2.75, 3.05) is 21.2 Å². The minimum absolute atomic E-state index is 0.396. The predicted molar refractivity (Wildman–Crippen MR) is 54.8 cm³/mol. The minimum atomic E-state index is -0.512. The maximum Gasteiger partial charge on any atom is 0.337 e. The Labute approximate surface area is 82.9 Å². The van der Waals surface area contributed by atoms with Gasteiger partial charge in [0.05, 0.1) is 26.8 Å². The van der Waals surface area contributed by atoms with Gasteiger partial charge in [-0.3, -0.25) is 0 Å². The zero-order chi connectivity index (χ0) is 10.8. The number of nitrogens with zero attached hydrogens (tertiary/aromatic N) is 1. The molecule has 0 saturated heterocycles. The van der Waals surface area contributed by atoms with Crippen molar-refractivity contribution in [2.24, 2.45) is 0 Å². The second-order valence-electron chi connectivity index (χ2n) is 3.39. The van der Waals surface area contributed by atoms with Crippen molar-refractivity contribution in [2.45, 2.75) is 0 Å². The van der Waals surface area contributed by atoms with Gasteiger partial charge in [-0.05, 0) is 12.1 Å². The van der Waals surface area contributed by atoms with Gasteiger partial charge >= 0.3 is 5.97 Å². The van der Waals surface area contributed by atoms with Crippen LogP contribution in [0.2, 0.25) is 0 Å². The first-order valence-electron chi connectivity index (χ1n) is 4.19. The predicted octanol–water partition coefficient (Wildman–Crippen LogP) is 1.54. The number of carbonyl (C=O) groups is 1. The fourth-order valence-corrected chi connectivity index (χ4v) is 1.07. The highest BCUT2D eigenvalue weighted by Gasteiger charge is 2.09. The van der Waals surface area contributed by atoms with E-state index < -0.39 is 10.6 Å². The molecule has 1 rings (SSSR count). The van der Waals surface area contributed by atoms with E-state index in [9.17, 15) is 10.0 Å². The van der Waals surface area contributed by atoms with E-state index in [-0.39, 0.29) is 0 Å². The molecule has 0 amide bonds. The molecule has 14 heavy (non-hydrogen) atoms. The second-order valence-corrected chi connectivity index (χ2v) is 3.39. The lowest BCUT2D eigenvalue weighted by Crippen LogP contribution is -2.32. The van der Waals surface area contributed by atoms with E-state index in [0.29, 0.717) is 11.3 Å². The number of hydrogen-bond donors (Lipinski definition) is 0. The molecular formula is C10H13NO3. The third kappa shape index (κ3) is 2.31. The van der Waals surface area contributed by atoms with Gasteiger partial charge in [-0.15, -0.1) is 0 Å². The largest absolute Gasteiger partial charge is 0.628 e. The number of ether oxygens (including phenoxy) is 1. The van der Waals surface area contributed by atoms with Crippen LogP contribution in [0.4, 0.5) is 5.69 Å². The Balaban J connectivity index is 2.95. The molecule has 0 N–H and O–H groups in total. The first kappa shape index (κ1) is 10.7. The monoisotopic (exact) mass is 195 g/mol. The molecule has 0 atom stereocenters. The van der Waals surface area contributed by atoms with E-state index in [0.717, 1.165) is 0 Å². The molecule has 4 heteroatoms. The molecule has 0 saturated carbocycles. The van der Waals surface area contributed by atoms with Crippen LogP contribution < -0.4 is 4.65 Å². The quantitative estimate of drug-likeness (QED) is 0.408. The molecule has 0 radical (unpaired) electrons. The Kier molecular flexibility index (Phi) is 2.88. The molecule has 0 bridgehead atoms. The van der Waals surface area contributed by atoms with Gasteiger partial charge in [-0.25, -0.2) is 4.79 Å². The molecule has 0 aromatic heterocycles. The molecule has 0 aliphatic heterocycles. The van der Waals surface area contributed by atoms with E-state index in [1.165, 1.54) is 21.2 Å². The highest BCUT2D eigenvalue weighted by atomic mass is 16.5. The summed E-state index contributed by atoms with van der Waals surface area (Å²) in [5, 5.41) is 11.5. The van der Waals surface area contributed by atoms with Crippen molar-refractivity contribution in [3.05, 3.63) is 35.0 Å². The van der Waals surface area contributed by atoms with Crippen LogP contribution in [0, 0.1) is 5.21 Å². The smallest absolute Gasteiger partial charge is 0.337 e. The van der Waals surface area contributed by atoms with Crippen molar-refractivity contribution < 1.29 is 9.53 Å². The van der Waals surface area contributed by atoms with Gasteiger partial charge in [-0.1, -0.05) is 0 Å². The number of benzene rings is 1. The molecule has 0 aliphatic rings. The van der Waals surface area contributed by atoms with Gasteiger partial charge in [0.1, 0.15) is 5.69 Å². The Morgan fingerprint density at radius 1 is 1.29 bits per heavy atom. The van der Waals surface area contributed by atoms with E-state index in [1.54, 1.807) is 24.3 Å². The lowest BCUT2D eigenvalue weighted by atomic mass is 10.2. The molecule has 0 fully saturated rings. The van der Waals surface area contributed by atoms with Gasteiger partial charge in [0.2, 0.25) is 0 Å². The number of methoxy groups -OCH3 is 1. The van der Waals surface area contributed by atoms with E-state index in [1.807, 2.05) is 0 Å². The zero-order valence-corrected chi connectivity index (χ0v) is 8.48. The standard InChI is InChI=1S/C10H13NO3/c1-11(2,13)9-6-4-8(5-7-9)10(12)14-3/h4-7H,1-3H3. The number of esters is 1. The Morgan fingerprint density at radius 3 is 2.14 bits per heavy atom. The molecule has 1 aromatic rings. The first-order valence-corrected chi connectivity index (χ1v) is 4.19. The number of carbonyl (C=O) groups excluding carboxylic acids is 1.